The van der Waals surface area contributed by atoms with E-state index in [-0.39, 0.29) is 71.2 Å². The maximum atomic E-state index is 9.63. The topological polar surface area (TPSA) is 362 Å². The van der Waals surface area contributed by atoms with Gasteiger partial charge in [-0.1, -0.05) is 0 Å². The van der Waals surface area contributed by atoms with E-state index in [0.29, 0.717) is 0 Å². The summed E-state index contributed by atoms with van der Waals surface area (Å²) < 4.78 is 0. The largest absolute Gasteiger partial charge is 3.00 e. The van der Waals surface area contributed by atoms with E-state index in [0.717, 1.165) is 0 Å². The zero-order valence-electron chi connectivity index (χ0n) is 15.2. The summed E-state index contributed by atoms with van der Waals surface area (Å²) in [6, 6.07) is 0. The van der Waals surface area contributed by atoms with Crippen molar-refractivity contribution >= 4 is 35.8 Å². The standard InChI is InChI=1S/3C4H6O6.2La/c3*5-1(3(7)8)2(6)4(9)10;;/h3*1-2,5-6H,(H,7,8)(H,9,10);;/q;;;2*+3/p-6. The molecule has 0 aromatic heterocycles. The molecule has 6 N–H and O–H groups in total. The van der Waals surface area contributed by atoms with Crippen LogP contribution >= 0.6 is 0 Å². The number of carboxylic acid groups (broad SMARTS) is 6. The van der Waals surface area contributed by atoms with Gasteiger partial charge in [0, 0.05) is 0 Å². The number of hydrogen-bond acceptors (Lipinski definition) is 18. The van der Waals surface area contributed by atoms with Gasteiger partial charge < -0.3 is 90.0 Å². The fourth-order valence-electron chi connectivity index (χ4n) is 0.773. The van der Waals surface area contributed by atoms with Crippen LogP contribution in [0, 0.1) is 71.2 Å². The Labute approximate surface area is 231 Å². The third-order valence-electron chi connectivity index (χ3n) is 2.35. The van der Waals surface area contributed by atoms with Crippen molar-refractivity contribution < 1.29 is 161 Å². The van der Waals surface area contributed by atoms with Crippen LogP contribution in [-0.4, -0.2) is 103 Å². The zero-order chi connectivity index (χ0) is 24.9. The number of aliphatic hydroxyl groups excluding tert-OH is 6. The second-order valence-corrected chi connectivity index (χ2v) is 4.58. The SMILES string of the molecule is O=C([O-])C(O)C(O)C(=O)[O-].O=C([O-])C(O)C(O)C(=O)[O-].O=C([O-])C(O)C(O)C(=O)[O-].[La+3].[La+3]. The first-order valence-corrected chi connectivity index (χ1v) is 6.73. The van der Waals surface area contributed by atoms with Crippen molar-refractivity contribution in [1.82, 2.24) is 0 Å². The number of carbonyl (C=O) groups excluding carboxylic acids is 6. The van der Waals surface area contributed by atoms with Gasteiger partial charge in [0.2, 0.25) is 0 Å². The number of carbonyl (C=O) groups is 6. The third-order valence-corrected chi connectivity index (χ3v) is 2.35. The Kier molecular flexibility index (Phi) is 26.5. The van der Waals surface area contributed by atoms with Gasteiger partial charge in [0.1, 0.15) is 36.6 Å². The Balaban J connectivity index is -0.000000110. The number of rotatable bonds is 9. The van der Waals surface area contributed by atoms with Crippen LogP contribution in [0.2, 0.25) is 0 Å². The van der Waals surface area contributed by atoms with Crippen LogP contribution in [0.5, 0.6) is 0 Å². The van der Waals surface area contributed by atoms with Crippen LogP contribution in [0.3, 0.4) is 0 Å². The molecule has 0 aliphatic rings. The van der Waals surface area contributed by atoms with Crippen LogP contribution in [0.25, 0.3) is 0 Å². The Hall–Kier alpha value is -1.03. The molecule has 0 aromatic rings. The van der Waals surface area contributed by atoms with Crippen molar-refractivity contribution in [3.8, 4) is 0 Å². The van der Waals surface area contributed by atoms with E-state index in [4.69, 9.17) is 30.6 Å². The molecule has 0 fully saturated rings. The number of aliphatic carboxylic acids is 6. The molecule has 0 saturated heterocycles. The van der Waals surface area contributed by atoms with Gasteiger partial charge in [0.25, 0.3) is 0 Å². The maximum absolute atomic E-state index is 9.63. The molecule has 0 aromatic carbocycles. The minimum atomic E-state index is -2.44. The van der Waals surface area contributed by atoms with E-state index in [9.17, 15) is 59.4 Å². The summed E-state index contributed by atoms with van der Waals surface area (Å²) in [4.78, 5) is 57.8. The summed E-state index contributed by atoms with van der Waals surface area (Å²) in [7, 11) is 0. The van der Waals surface area contributed by atoms with E-state index in [1.165, 1.54) is 0 Å². The van der Waals surface area contributed by atoms with E-state index in [1.54, 1.807) is 0 Å². The second kappa shape index (κ2) is 20.6. The molecule has 0 radical (unpaired) electrons. The monoisotopic (exact) mass is 722 g/mol. The van der Waals surface area contributed by atoms with E-state index in [2.05, 4.69) is 0 Å². The average Bonchev–Trinajstić information content (AvgIpc) is 2.64. The average molecular weight is 722 g/mol. The molecule has 0 spiro atoms. The quantitative estimate of drug-likeness (QED) is 0.129. The fourth-order valence-corrected chi connectivity index (χ4v) is 0.773. The van der Waals surface area contributed by atoms with Crippen LogP contribution in [0.4, 0.5) is 0 Å². The third kappa shape index (κ3) is 18.5. The predicted molar refractivity (Wildman–Crippen MR) is 66.1 cm³/mol. The van der Waals surface area contributed by atoms with E-state index >= 15 is 0 Å². The summed E-state index contributed by atoms with van der Waals surface area (Å²) in [5.41, 5.74) is 0. The summed E-state index contributed by atoms with van der Waals surface area (Å²) in [5, 5.41) is 107. The molecule has 0 aliphatic carbocycles. The second-order valence-electron chi connectivity index (χ2n) is 4.58. The van der Waals surface area contributed by atoms with Crippen molar-refractivity contribution in [2.75, 3.05) is 0 Å². The first kappa shape index (κ1) is 41.2. The van der Waals surface area contributed by atoms with Gasteiger partial charge in [-0.25, -0.2) is 0 Å². The molecular weight excluding hydrogens is 710 g/mol. The molecule has 20 heteroatoms. The van der Waals surface area contributed by atoms with Crippen molar-refractivity contribution in [2.24, 2.45) is 0 Å². The molecule has 0 rings (SSSR count). The molecule has 0 heterocycles. The molecule has 6 atom stereocenters. The van der Waals surface area contributed by atoms with Crippen LogP contribution in [0.15, 0.2) is 0 Å². The van der Waals surface area contributed by atoms with Gasteiger partial charge in [-0.2, -0.15) is 0 Å². The summed E-state index contributed by atoms with van der Waals surface area (Å²) in [6.07, 6.45) is -14.6. The molecular formula is C12H12La2O18. The van der Waals surface area contributed by atoms with Crippen LogP contribution < -0.4 is 30.6 Å². The number of carboxylic acids is 6. The van der Waals surface area contributed by atoms with Crippen molar-refractivity contribution in [3.63, 3.8) is 0 Å². The molecule has 0 amide bonds. The minimum absolute atomic E-state index is 0. The fraction of sp³-hybridized carbons (Fsp3) is 0.500. The van der Waals surface area contributed by atoms with Gasteiger partial charge in [-0.05, 0) is 0 Å². The smallest absolute Gasteiger partial charge is 0.547 e. The molecule has 0 aliphatic heterocycles. The van der Waals surface area contributed by atoms with Gasteiger partial charge >= 0.3 is 71.2 Å². The Morgan fingerprint density at radius 2 is 0.406 bits per heavy atom. The molecule has 0 saturated carbocycles. The molecule has 6 unspecified atom stereocenters. The first-order valence-electron chi connectivity index (χ1n) is 6.73. The Bertz CT molecular complexity index is 498. The summed E-state index contributed by atoms with van der Waals surface area (Å²) in [6.45, 7) is 0. The van der Waals surface area contributed by atoms with E-state index in [1.807, 2.05) is 0 Å². The zero-order valence-corrected chi connectivity index (χ0v) is 22.5. The van der Waals surface area contributed by atoms with Gasteiger partial charge in [0.15, 0.2) is 0 Å². The summed E-state index contributed by atoms with van der Waals surface area (Å²) >= 11 is 0. The van der Waals surface area contributed by atoms with E-state index < -0.39 is 72.4 Å². The normalized spacial score (nSPS) is 14.8. The molecule has 174 valence electrons. The van der Waals surface area contributed by atoms with Gasteiger partial charge in [-0.3, -0.25) is 0 Å². The number of aliphatic hydroxyl groups is 6. The number of hydrogen-bond donors (Lipinski definition) is 6. The Morgan fingerprint density at radius 3 is 0.438 bits per heavy atom. The summed E-state index contributed by atoms with van der Waals surface area (Å²) in [5.74, 6) is -12.4. The molecule has 32 heavy (non-hydrogen) atoms. The maximum Gasteiger partial charge on any atom is 3.00 e. The van der Waals surface area contributed by atoms with Crippen LogP contribution in [0.1, 0.15) is 0 Å². The van der Waals surface area contributed by atoms with Crippen LogP contribution in [-0.2, 0) is 28.8 Å². The Morgan fingerprint density at radius 1 is 0.344 bits per heavy atom. The predicted octanol–water partition coefficient (Wildman–Crippen LogP) is -14.4. The molecule has 0 bridgehead atoms. The van der Waals surface area contributed by atoms with Crippen molar-refractivity contribution in [3.05, 3.63) is 0 Å². The van der Waals surface area contributed by atoms with Crippen molar-refractivity contribution in [1.29, 1.82) is 0 Å². The first-order chi connectivity index (χ1) is 13.4. The minimum Gasteiger partial charge on any atom is -0.547 e. The molecule has 18 nitrogen and oxygen atoms in total. The van der Waals surface area contributed by atoms with Crippen molar-refractivity contribution in [2.45, 2.75) is 36.6 Å². The van der Waals surface area contributed by atoms with Gasteiger partial charge in [0.05, 0.1) is 35.8 Å². The van der Waals surface area contributed by atoms with Gasteiger partial charge in [-0.15, -0.1) is 0 Å².